The molecule has 1 N–H and O–H groups in total. The number of thioether (sulfide) groups is 1. The van der Waals surface area contributed by atoms with E-state index in [1.807, 2.05) is 0 Å². The average Bonchev–Trinajstić information content (AvgIpc) is 2.97. The van der Waals surface area contributed by atoms with Crippen LogP contribution in [0.4, 0.5) is 9.59 Å². The van der Waals surface area contributed by atoms with E-state index in [2.05, 4.69) is 5.32 Å². The third-order valence-corrected chi connectivity index (χ3v) is 4.43. The topological polar surface area (TPSA) is 102 Å². The van der Waals surface area contributed by atoms with Crippen LogP contribution in [0.25, 0.3) is 0 Å². The van der Waals surface area contributed by atoms with Crippen molar-refractivity contribution in [2.75, 3.05) is 12.3 Å². The third-order valence-electron chi connectivity index (χ3n) is 3.22. The Balaban J connectivity index is 2.72. The summed E-state index contributed by atoms with van der Waals surface area (Å²) in [6.07, 6.45) is -1.88. The summed E-state index contributed by atoms with van der Waals surface area (Å²) in [6.45, 7) is 10.6. The van der Waals surface area contributed by atoms with E-state index in [0.29, 0.717) is 4.90 Å². The zero-order chi connectivity index (χ0) is 20.8. The van der Waals surface area contributed by atoms with Gasteiger partial charge in [-0.3, -0.25) is 14.9 Å². The number of Topliss-reactive ketones (excluding diaryl/α,β-unsaturated/α-hetero) is 1. The van der Waals surface area contributed by atoms with Gasteiger partial charge in [-0.2, -0.15) is 0 Å². The summed E-state index contributed by atoms with van der Waals surface area (Å²) < 4.78 is 10.3. The summed E-state index contributed by atoms with van der Waals surface area (Å²) >= 11 is 1.53. The van der Waals surface area contributed by atoms with Gasteiger partial charge in [-0.05, 0) is 48.0 Å². The van der Waals surface area contributed by atoms with Crippen molar-refractivity contribution in [2.45, 2.75) is 77.4 Å². The molecule has 1 fully saturated rings. The first-order valence-corrected chi connectivity index (χ1v) is 10.0. The number of nitrogens with zero attached hydrogens (tertiary/aromatic N) is 1. The van der Waals surface area contributed by atoms with E-state index in [1.54, 1.807) is 41.5 Å². The van der Waals surface area contributed by atoms with Crippen molar-refractivity contribution in [1.29, 1.82) is 0 Å². The van der Waals surface area contributed by atoms with E-state index in [4.69, 9.17) is 9.47 Å². The second-order valence-electron chi connectivity index (χ2n) is 8.21. The number of ether oxygens (including phenoxy) is 2. The van der Waals surface area contributed by atoms with Crippen LogP contribution in [0, 0.1) is 0 Å². The number of carbonyl (C=O) groups is 4. The summed E-state index contributed by atoms with van der Waals surface area (Å²) in [4.78, 5) is 49.6. The molecule has 0 aromatic rings. The SMILES string of the molecule is CC(C)(C)OC(=O)N(C(=O)CCCC(=O)C1NCCS1)C(=O)OC(C)(C)C. The van der Waals surface area contributed by atoms with Crippen molar-refractivity contribution < 1.29 is 28.7 Å². The molecular formula is C18H30N2O6S. The fourth-order valence-corrected chi connectivity index (χ4v) is 3.19. The molecule has 1 rings (SSSR count). The van der Waals surface area contributed by atoms with Crippen LogP contribution >= 0.6 is 11.8 Å². The van der Waals surface area contributed by atoms with Crippen LogP contribution in [0.3, 0.4) is 0 Å². The Morgan fingerprint density at radius 3 is 1.89 bits per heavy atom. The lowest BCUT2D eigenvalue weighted by molar-refractivity contribution is -0.129. The molecule has 1 atom stereocenters. The van der Waals surface area contributed by atoms with Crippen molar-refractivity contribution in [1.82, 2.24) is 10.2 Å². The fraction of sp³-hybridized carbons (Fsp3) is 0.778. The van der Waals surface area contributed by atoms with Gasteiger partial charge in [0.25, 0.3) is 0 Å². The maximum Gasteiger partial charge on any atom is 0.426 e. The minimum atomic E-state index is -1.08. The molecule has 0 aromatic heterocycles. The molecule has 27 heavy (non-hydrogen) atoms. The summed E-state index contributed by atoms with van der Waals surface area (Å²) in [5, 5.41) is 2.83. The van der Waals surface area contributed by atoms with E-state index in [1.165, 1.54) is 11.8 Å². The second kappa shape index (κ2) is 9.54. The Kier molecular flexibility index (Phi) is 8.28. The number of ketones is 1. The van der Waals surface area contributed by atoms with Gasteiger partial charge in [0, 0.05) is 25.1 Å². The first-order chi connectivity index (χ1) is 12.3. The molecule has 1 saturated heterocycles. The fourth-order valence-electron chi connectivity index (χ4n) is 2.18. The number of rotatable bonds is 5. The monoisotopic (exact) mass is 402 g/mol. The Labute approximate surface area is 164 Å². The Bertz CT molecular complexity index is 545. The van der Waals surface area contributed by atoms with Gasteiger partial charge in [0.2, 0.25) is 5.91 Å². The Morgan fingerprint density at radius 1 is 0.963 bits per heavy atom. The van der Waals surface area contributed by atoms with Gasteiger partial charge >= 0.3 is 12.2 Å². The van der Waals surface area contributed by atoms with Crippen molar-refractivity contribution in [3.05, 3.63) is 0 Å². The molecular weight excluding hydrogens is 372 g/mol. The molecule has 9 heteroatoms. The van der Waals surface area contributed by atoms with Gasteiger partial charge in [0.05, 0.1) is 0 Å². The Morgan fingerprint density at radius 2 is 1.48 bits per heavy atom. The van der Waals surface area contributed by atoms with Crippen LogP contribution in [-0.2, 0) is 19.1 Å². The van der Waals surface area contributed by atoms with Gasteiger partial charge < -0.3 is 9.47 Å². The summed E-state index contributed by atoms with van der Waals surface area (Å²) in [5.41, 5.74) is -1.75. The van der Waals surface area contributed by atoms with Crippen molar-refractivity contribution in [2.24, 2.45) is 0 Å². The first kappa shape index (κ1) is 23.4. The number of imide groups is 3. The number of amides is 3. The normalized spacial score (nSPS) is 17.3. The van der Waals surface area contributed by atoms with Crippen LogP contribution in [0.5, 0.6) is 0 Å². The van der Waals surface area contributed by atoms with E-state index in [0.717, 1.165) is 12.3 Å². The minimum Gasteiger partial charge on any atom is -0.443 e. The summed E-state index contributed by atoms with van der Waals surface area (Å²) in [6, 6.07) is 0. The number of hydrogen-bond donors (Lipinski definition) is 1. The number of nitrogens with one attached hydrogen (secondary N) is 1. The molecule has 1 aliphatic rings. The minimum absolute atomic E-state index is 0.00591. The van der Waals surface area contributed by atoms with Crippen molar-refractivity contribution in [3.8, 4) is 0 Å². The first-order valence-electron chi connectivity index (χ1n) is 8.97. The molecule has 0 aliphatic carbocycles. The summed E-state index contributed by atoms with van der Waals surface area (Å²) in [5.74, 6) is 0.130. The van der Waals surface area contributed by atoms with Crippen LogP contribution < -0.4 is 5.32 Å². The molecule has 1 unspecified atom stereocenters. The Hall–Kier alpha value is -1.61. The standard InChI is InChI=1S/C18H30N2O6S/c1-17(2,3)25-15(23)20(16(24)26-18(4,5)6)13(22)9-7-8-12(21)14-19-10-11-27-14/h14,19H,7-11H2,1-6H3. The van der Waals surface area contributed by atoms with Gasteiger partial charge in [-0.15, -0.1) is 16.7 Å². The quantitative estimate of drug-likeness (QED) is 0.748. The molecule has 0 saturated carbocycles. The zero-order valence-electron chi connectivity index (χ0n) is 16.9. The molecule has 0 aromatic carbocycles. The van der Waals surface area contributed by atoms with Crippen LogP contribution in [0.1, 0.15) is 60.8 Å². The largest absolute Gasteiger partial charge is 0.443 e. The lowest BCUT2D eigenvalue weighted by Crippen LogP contribution is -2.46. The van der Waals surface area contributed by atoms with E-state index < -0.39 is 29.3 Å². The van der Waals surface area contributed by atoms with Crippen LogP contribution in [0.2, 0.25) is 0 Å². The predicted octanol–water partition coefficient (Wildman–Crippen LogP) is 3.09. The number of carbonyl (C=O) groups excluding carboxylic acids is 4. The highest BCUT2D eigenvalue weighted by Gasteiger charge is 2.36. The zero-order valence-corrected chi connectivity index (χ0v) is 17.7. The lowest BCUT2D eigenvalue weighted by atomic mass is 10.1. The van der Waals surface area contributed by atoms with Gasteiger partial charge in [0.15, 0.2) is 5.78 Å². The molecule has 1 aliphatic heterocycles. The van der Waals surface area contributed by atoms with Crippen LogP contribution in [0.15, 0.2) is 0 Å². The third kappa shape index (κ3) is 8.75. The average molecular weight is 403 g/mol. The van der Waals surface area contributed by atoms with Crippen molar-refractivity contribution >= 4 is 35.6 Å². The summed E-state index contributed by atoms with van der Waals surface area (Å²) in [7, 11) is 0. The highest BCUT2D eigenvalue weighted by molar-refractivity contribution is 8.00. The van der Waals surface area contributed by atoms with E-state index in [9.17, 15) is 19.2 Å². The highest BCUT2D eigenvalue weighted by Crippen LogP contribution is 2.19. The van der Waals surface area contributed by atoms with Crippen LogP contribution in [-0.4, -0.2) is 57.7 Å². The molecule has 0 radical (unpaired) electrons. The molecule has 154 valence electrons. The van der Waals surface area contributed by atoms with Gasteiger partial charge in [0.1, 0.15) is 16.6 Å². The van der Waals surface area contributed by atoms with E-state index >= 15 is 0 Å². The van der Waals surface area contributed by atoms with E-state index in [-0.39, 0.29) is 30.4 Å². The predicted molar refractivity (Wildman–Crippen MR) is 102 cm³/mol. The molecule has 8 nitrogen and oxygen atoms in total. The van der Waals surface area contributed by atoms with Gasteiger partial charge in [-0.25, -0.2) is 9.59 Å². The highest BCUT2D eigenvalue weighted by atomic mass is 32.2. The molecule has 0 bridgehead atoms. The smallest absolute Gasteiger partial charge is 0.426 e. The maximum absolute atomic E-state index is 12.5. The van der Waals surface area contributed by atoms with Crippen molar-refractivity contribution in [3.63, 3.8) is 0 Å². The maximum atomic E-state index is 12.5. The second-order valence-corrected chi connectivity index (χ2v) is 9.43. The van der Waals surface area contributed by atoms with Gasteiger partial charge in [-0.1, -0.05) is 0 Å². The molecule has 0 spiro atoms. The lowest BCUT2D eigenvalue weighted by Gasteiger charge is -2.27. The molecule has 1 heterocycles. The molecule has 3 amide bonds. The number of hydrogen-bond acceptors (Lipinski definition) is 8.